The van der Waals surface area contributed by atoms with E-state index in [4.69, 9.17) is 4.42 Å². The van der Waals surface area contributed by atoms with Gasteiger partial charge in [-0.25, -0.2) is 4.79 Å². The third-order valence-electron chi connectivity index (χ3n) is 2.53. The number of hydrogen-bond donors (Lipinski definition) is 1. The first-order chi connectivity index (χ1) is 8.69. The number of carbonyl (C=O) groups is 1. The molecule has 0 atom stereocenters. The summed E-state index contributed by atoms with van der Waals surface area (Å²) >= 11 is 0. The highest BCUT2D eigenvalue weighted by Gasteiger charge is 2.10. The van der Waals surface area contributed by atoms with E-state index >= 15 is 0 Å². The van der Waals surface area contributed by atoms with Crippen LogP contribution in [0.1, 0.15) is 21.9 Å². The molecule has 0 aliphatic carbocycles. The second-order valence-electron chi connectivity index (χ2n) is 3.98. The van der Waals surface area contributed by atoms with Crippen molar-refractivity contribution in [3.8, 4) is 0 Å². The van der Waals surface area contributed by atoms with Crippen molar-refractivity contribution in [2.75, 3.05) is 12.4 Å². The predicted octanol–water partition coefficient (Wildman–Crippen LogP) is 2.99. The molecule has 1 N–H and O–H groups in total. The van der Waals surface area contributed by atoms with Crippen LogP contribution >= 0.6 is 0 Å². The van der Waals surface area contributed by atoms with Crippen molar-refractivity contribution in [1.82, 2.24) is 0 Å². The minimum Gasteiger partial charge on any atom is -0.463 e. The van der Waals surface area contributed by atoms with Crippen molar-refractivity contribution < 1.29 is 13.9 Å². The average molecular weight is 245 g/mol. The molecule has 0 fully saturated rings. The molecule has 1 aromatic carbocycles. The highest BCUT2D eigenvalue weighted by atomic mass is 16.5. The minimum absolute atomic E-state index is 0.221. The Hall–Kier alpha value is -2.23. The van der Waals surface area contributed by atoms with Gasteiger partial charge in [0.15, 0.2) is 0 Å². The topological polar surface area (TPSA) is 51.5 Å². The van der Waals surface area contributed by atoms with Crippen LogP contribution in [0.2, 0.25) is 0 Å². The van der Waals surface area contributed by atoms with Crippen molar-refractivity contribution in [2.24, 2.45) is 0 Å². The summed E-state index contributed by atoms with van der Waals surface area (Å²) in [6, 6.07) is 11.4. The molecular weight excluding hydrogens is 230 g/mol. The summed E-state index contributed by atoms with van der Waals surface area (Å²) in [7, 11) is 1.33. The summed E-state index contributed by atoms with van der Waals surface area (Å²) in [5.74, 6) is 0.451. The molecule has 0 amide bonds. The molecule has 18 heavy (non-hydrogen) atoms. The number of carbonyl (C=O) groups excluding carboxylic acids is 1. The van der Waals surface area contributed by atoms with Crippen molar-refractivity contribution in [3.05, 3.63) is 53.5 Å². The van der Waals surface area contributed by atoms with Crippen LogP contribution in [0.3, 0.4) is 0 Å². The van der Waals surface area contributed by atoms with Crippen molar-refractivity contribution >= 4 is 11.7 Å². The smallest absolute Gasteiger partial charge is 0.373 e. The van der Waals surface area contributed by atoms with Gasteiger partial charge in [0, 0.05) is 5.69 Å². The van der Waals surface area contributed by atoms with E-state index in [9.17, 15) is 4.79 Å². The number of benzene rings is 1. The molecule has 0 spiro atoms. The lowest BCUT2D eigenvalue weighted by molar-refractivity contribution is 0.0563. The van der Waals surface area contributed by atoms with Gasteiger partial charge >= 0.3 is 5.97 Å². The third-order valence-corrected chi connectivity index (χ3v) is 2.53. The number of nitrogens with one attached hydrogen (secondary N) is 1. The molecular formula is C14H15NO3. The first-order valence-electron chi connectivity index (χ1n) is 5.66. The van der Waals surface area contributed by atoms with Crippen LogP contribution in [0.25, 0.3) is 0 Å². The van der Waals surface area contributed by atoms with Gasteiger partial charge in [-0.15, -0.1) is 0 Å². The predicted molar refractivity (Wildman–Crippen MR) is 68.6 cm³/mol. The van der Waals surface area contributed by atoms with Gasteiger partial charge in [0.2, 0.25) is 5.76 Å². The molecule has 4 heteroatoms. The molecule has 1 heterocycles. The summed E-state index contributed by atoms with van der Waals surface area (Å²) in [6.45, 7) is 2.56. The number of hydrogen-bond acceptors (Lipinski definition) is 4. The fourth-order valence-corrected chi connectivity index (χ4v) is 1.63. The molecule has 4 nitrogen and oxygen atoms in total. The molecule has 0 saturated carbocycles. The van der Waals surface area contributed by atoms with Crippen molar-refractivity contribution in [2.45, 2.75) is 13.5 Å². The van der Waals surface area contributed by atoms with Crippen LogP contribution in [0.5, 0.6) is 0 Å². The fraction of sp³-hybridized carbons (Fsp3) is 0.214. The van der Waals surface area contributed by atoms with Gasteiger partial charge in [-0.3, -0.25) is 0 Å². The molecule has 94 valence electrons. The molecule has 0 radical (unpaired) electrons. The number of rotatable bonds is 4. The lowest BCUT2D eigenvalue weighted by Crippen LogP contribution is -2.00. The van der Waals surface area contributed by atoms with E-state index in [2.05, 4.69) is 10.1 Å². The Morgan fingerprint density at radius 1 is 1.33 bits per heavy atom. The maximum Gasteiger partial charge on any atom is 0.373 e. The van der Waals surface area contributed by atoms with Gasteiger partial charge in [0.25, 0.3) is 0 Å². The Morgan fingerprint density at radius 2 is 2.17 bits per heavy atom. The van der Waals surface area contributed by atoms with Crippen LogP contribution in [0, 0.1) is 6.92 Å². The summed E-state index contributed by atoms with van der Waals surface area (Å²) < 4.78 is 9.93. The number of esters is 1. The summed E-state index contributed by atoms with van der Waals surface area (Å²) in [5.41, 5.74) is 2.21. The van der Waals surface area contributed by atoms with Crippen LogP contribution < -0.4 is 5.32 Å². The lowest BCUT2D eigenvalue weighted by atomic mass is 10.2. The Balaban J connectivity index is 1.98. The maximum absolute atomic E-state index is 11.2. The first-order valence-corrected chi connectivity index (χ1v) is 5.66. The van der Waals surface area contributed by atoms with Gasteiger partial charge in [0.1, 0.15) is 5.76 Å². The number of anilines is 1. The second-order valence-corrected chi connectivity index (χ2v) is 3.98. The molecule has 0 bridgehead atoms. The SMILES string of the molecule is COC(=O)c1ccc(CNc2cccc(C)c2)o1. The van der Waals surface area contributed by atoms with Crippen LogP contribution in [-0.4, -0.2) is 13.1 Å². The molecule has 2 aromatic rings. The van der Waals surface area contributed by atoms with Gasteiger partial charge in [0.05, 0.1) is 13.7 Å². The van der Waals surface area contributed by atoms with Crippen LogP contribution in [0.15, 0.2) is 40.8 Å². The molecule has 1 aromatic heterocycles. The fourth-order valence-electron chi connectivity index (χ4n) is 1.63. The van der Waals surface area contributed by atoms with E-state index in [-0.39, 0.29) is 5.76 Å². The zero-order valence-electron chi connectivity index (χ0n) is 10.4. The number of ether oxygens (including phenoxy) is 1. The molecule has 0 saturated heterocycles. The Kier molecular flexibility index (Phi) is 3.67. The molecule has 0 aliphatic rings. The first kappa shape index (κ1) is 12.2. The van der Waals surface area contributed by atoms with Crippen LogP contribution in [-0.2, 0) is 11.3 Å². The van der Waals surface area contributed by atoms with E-state index in [0.717, 1.165) is 5.69 Å². The van der Waals surface area contributed by atoms with E-state index in [0.29, 0.717) is 12.3 Å². The van der Waals surface area contributed by atoms with Crippen LogP contribution in [0.4, 0.5) is 5.69 Å². The molecule has 0 unspecified atom stereocenters. The molecule has 2 rings (SSSR count). The highest BCUT2D eigenvalue weighted by Crippen LogP contribution is 2.13. The van der Waals surface area contributed by atoms with Gasteiger partial charge in [-0.05, 0) is 36.8 Å². The zero-order valence-corrected chi connectivity index (χ0v) is 10.4. The summed E-state index contributed by atoms with van der Waals surface area (Å²) in [6.07, 6.45) is 0. The Labute approximate surface area is 106 Å². The number of aryl methyl sites for hydroxylation is 1. The highest BCUT2D eigenvalue weighted by molar-refractivity contribution is 5.86. The Morgan fingerprint density at radius 3 is 2.89 bits per heavy atom. The van der Waals surface area contributed by atoms with Gasteiger partial charge in [-0.2, -0.15) is 0 Å². The lowest BCUT2D eigenvalue weighted by Gasteiger charge is -2.04. The van der Waals surface area contributed by atoms with Gasteiger partial charge < -0.3 is 14.5 Å². The quantitative estimate of drug-likeness (QED) is 0.841. The largest absolute Gasteiger partial charge is 0.463 e. The monoisotopic (exact) mass is 245 g/mol. The number of methoxy groups -OCH3 is 1. The van der Waals surface area contributed by atoms with Gasteiger partial charge in [-0.1, -0.05) is 12.1 Å². The summed E-state index contributed by atoms with van der Waals surface area (Å²) in [4.78, 5) is 11.2. The van der Waals surface area contributed by atoms with Crippen molar-refractivity contribution in [1.29, 1.82) is 0 Å². The minimum atomic E-state index is -0.461. The second kappa shape index (κ2) is 5.40. The van der Waals surface area contributed by atoms with E-state index < -0.39 is 5.97 Å². The van der Waals surface area contributed by atoms with Crippen molar-refractivity contribution in [3.63, 3.8) is 0 Å². The maximum atomic E-state index is 11.2. The third kappa shape index (κ3) is 2.91. The standard InChI is InChI=1S/C14H15NO3/c1-10-4-3-5-11(8-10)15-9-12-6-7-13(18-12)14(16)17-2/h3-8,15H,9H2,1-2H3. The average Bonchev–Trinajstić information content (AvgIpc) is 2.84. The number of furan rings is 1. The van der Waals surface area contributed by atoms with E-state index in [1.807, 2.05) is 31.2 Å². The normalized spacial score (nSPS) is 10.1. The summed E-state index contributed by atoms with van der Waals surface area (Å²) in [5, 5.41) is 3.23. The zero-order chi connectivity index (χ0) is 13.0. The Bertz CT molecular complexity index is 545. The molecule has 0 aliphatic heterocycles. The van der Waals surface area contributed by atoms with E-state index in [1.54, 1.807) is 12.1 Å². The van der Waals surface area contributed by atoms with E-state index in [1.165, 1.54) is 12.7 Å².